The molecule has 0 amide bonds. The molecule has 0 fully saturated rings. The molecule has 0 aliphatic carbocycles. The molecule has 20 heavy (non-hydrogen) atoms. The van der Waals surface area contributed by atoms with Crippen molar-refractivity contribution in [3.05, 3.63) is 40.0 Å². The van der Waals surface area contributed by atoms with Crippen LogP contribution in [0.1, 0.15) is 30.1 Å². The molecule has 1 aromatic carbocycles. The zero-order chi connectivity index (χ0) is 14.7. The zero-order valence-corrected chi connectivity index (χ0v) is 12.4. The standard InChI is InChI=1S/C14H14Cl2N2O2/c1-2-3-6-18-8-11(14(19)20)13(17-18)10-5-4-9(15)7-12(10)16/h4-5,7-8H,2-3,6H2,1H3,(H,19,20). The van der Waals surface area contributed by atoms with E-state index in [2.05, 4.69) is 12.0 Å². The van der Waals surface area contributed by atoms with Gasteiger partial charge in [0.15, 0.2) is 0 Å². The minimum Gasteiger partial charge on any atom is -0.478 e. The van der Waals surface area contributed by atoms with Crippen LogP contribution in [0.2, 0.25) is 10.0 Å². The molecule has 0 bridgehead atoms. The van der Waals surface area contributed by atoms with E-state index in [4.69, 9.17) is 23.2 Å². The Bertz CT molecular complexity index is 638. The summed E-state index contributed by atoms with van der Waals surface area (Å²) in [7, 11) is 0. The maximum atomic E-state index is 11.3. The number of aromatic carboxylic acids is 1. The molecule has 2 rings (SSSR count). The molecule has 1 aromatic heterocycles. The summed E-state index contributed by atoms with van der Waals surface area (Å²) < 4.78 is 1.65. The molecule has 0 saturated heterocycles. The topological polar surface area (TPSA) is 55.1 Å². The summed E-state index contributed by atoms with van der Waals surface area (Å²) in [5.74, 6) is -1.02. The van der Waals surface area contributed by atoms with E-state index in [1.807, 2.05) is 0 Å². The number of nitrogens with zero attached hydrogens (tertiary/aromatic N) is 2. The van der Waals surface area contributed by atoms with Crippen LogP contribution >= 0.6 is 23.2 Å². The van der Waals surface area contributed by atoms with Gasteiger partial charge < -0.3 is 5.11 Å². The summed E-state index contributed by atoms with van der Waals surface area (Å²) in [6.45, 7) is 2.75. The van der Waals surface area contributed by atoms with Crippen LogP contribution < -0.4 is 0 Å². The maximum absolute atomic E-state index is 11.3. The predicted molar refractivity (Wildman–Crippen MR) is 79.6 cm³/mol. The number of carboxylic acids is 1. The lowest BCUT2D eigenvalue weighted by Gasteiger charge is -2.03. The third-order valence-corrected chi connectivity index (χ3v) is 3.47. The van der Waals surface area contributed by atoms with Crippen LogP contribution in [0.25, 0.3) is 11.3 Å². The average Bonchev–Trinajstić information content (AvgIpc) is 2.80. The van der Waals surface area contributed by atoms with E-state index in [1.165, 1.54) is 6.20 Å². The number of benzene rings is 1. The van der Waals surface area contributed by atoms with Gasteiger partial charge in [-0.3, -0.25) is 4.68 Å². The van der Waals surface area contributed by atoms with Gasteiger partial charge in [-0.05, 0) is 24.6 Å². The van der Waals surface area contributed by atoms with E-state index in [0.29, 0.717) is 27.8 Å². The van der Waals surface area contributed by atoms with E-state index >= 15 is 0 Å². The summed E-state index contributed by atoms with van der Waals surface area (Å²) in [4.78, 5) is 11.3. The Kier molecular flexibility index (Phi) is 4.68. The van der Waals surface area contributed by atoms with Gasteiger partial charge >= 0.3 is 5.97 Å². The fraction of sp³-hybridized carbons (Fsp3) is 0.286. The fourth-order valence-corrected chi connectivity index (χ4v) is 2.39. The van der Waals surface area contributed by atoms with Crippen LogP contribution in [0.3, 0.4) is 0 Å². The smallest absolute Gasteiger partial charge is 0.339 e. The van der Waals surface area contributed by atoms with Crippen molar-refractivity contribution in [2.75, 3.05) is 0 Å². The maximum Gasteiger partial charge on any atom is 0.339 e. The highest BCUT2D eigenvalue weighted by molar-refractivity contribution is 6.36. The number of carboxylic acid groups (broad SMARTS) is 1. The lowest BCUT2D eigenvalue weighted by Crippen LogP contribution is -1.98. The minimum absolute atomic E-state index is 0.144. The van der Waals surface area contributed by atoms with Crippen LogP contribution in [0, 0.1) is 0 Å². The summed E-state index contributed by atoms with van der Waals surface area (Å²) in [5.41, 5.74) is 1.09. The molecule has 0 spiro atoms. The Labute approximate surface area is 126 Å². The third-order valence-electron chi connectivity index (χ3n) is 2.92. The molecule has 0 aliphatic rings. The normalized spacial score (nSPS) is 10.8. The highest BCUT2D eigenvalue weighted by atomic mass is 35.5. The van der Waals surface area contributed by atoms with Crippen molar-refractivity contribution in [2.45, 2.75) is 26.3 Å². The molecule has 6 heteroatoms. The van der Waals surface area contributed by atoms with Crippen molar-refractivity contribution in [1.82, 2.24) is 9.78 Å². The lowest BCUT2D eigenvalue weighted by molar-refractivity contribution is 0.0697. The second-order valence-electron chi connectivity index (χ2n) is 4.44. The van der Waals surface area contributed by atoms with Gasteiger partial charge in [-0.25, -0.2) is 4.79 Å². The van der Waals surface area contributed by atoms with Gasteiger partial charge in [0.2, 0.25) is 0 Å². The minimum atomic E-state index is -1.02. The van der Waals surface area contributed by atoms with E-state index in [1.54, 1.807) is 22.9 Å². The average molecular weight is 313 g/mol. The first-order valence-electron chi connectivity index (χ1n) is 6.29. The molecule has 1 heterocycles. The first-order valence-corrected chi connectivity index (χ1v) is 7.04. The van der Waals surface area contributed by atoms with Gasteiger partial charge in [0, 0.05) is 23.3 Å². The van der Waals surface area contributed by atoms with E-state index in [0.717, 1.165) is 12.8 Å². The number of carbonyl (C=O) groups is 1. The SMILES string of the molecule is CCCCn1cc(C(=O)O)c(-c2ccc(Cl)cc2Cl)n1. The first kappa shape index (κ1) is 14.9. The number of unbranched alkanes of at least 4 members (excludes halogenated alkanes) is 1. The van der Waals surface area contributed by atoms with Crippen LogP contribution in [-0.2, 0) is 6.54 Å². The van der Waals surface area contributed by atoms with Gasteiger partial charge in [0.1, 0.15) is 11.3 Å². The molecule has 106 valence electrons. The molecular formula is C14H14Cl2N2O2. The molecule has 0 saturated carbocycles. The van der Waals surface area contributed by atoms with Crippen molar-refractivity contribution >= 4 is 29.2 Å². The van der Waals surface area contributed by atoms with Gasteiger partial charge in [0.05, 0.1) is 5.02 Å². The van der Waals surface area contributed by atoms with Crippen molar-refractivity contribution < 1.29 is 9.90 Å². The molecular weight excluding hydrogens is 299 g/mol. The van der Waals surface area contributed by atoms with Gasteiger partial charge in [-0.2, -0.15) is 5.10 Å². The fourth-order valence-electron chi connectivity index (χ4n) is 1.89. The quantitative estimate of drug-likeness (QED) is 0.892. The van der Waals surface area contributed by atoms with Crippen LogP contribution in [0.4, 0.5) is 0 Å². The predicted octanol–water partition coefficient (Wildman–Crippen LogP) is 4.36. The monoisotopic (exact) mass is 312 g/mol. The molecule has 0 atom stereocenters. The number of hydrogen-bond acceptors (Lipinski definition) is 2. The highest BCUT2D eigenvalue weighted by Crippen LogP contribution is 2.31. The summed E-state index contributed by atoms with van der Waals surface area (Å²) in [6.07, 6.45) is 3.49. The Morgan fingerprint density at radius 2 is 2.15 bits per heavy atom. The number of hydrogen-bond donors (Lipinski definition) is 1. The molecule has 4 nitrogen and oxygen atoms in total. The zero-order valence-electron chi connectivity index (χ0n) is 10.9. The second kappa shape index (κ2) is 6.29. The first-order chi connectivity index (χ1) is 9.52. The van der Waals surface area contributed by atoms with Crippen LogP contribution in [0.15, 0.2) is 24.4 Å². The second-order valence-corrected chi connectivity index (χ2v) is 5.28. The van der Waals surface area contributed by atoms with E-state index in [9.17, 15) is 9.90 Å². The van der Waals surface area contributed by atoms with Crippen molar-refractivity contribution in [3.63, 3.8) is 0 Å². The van der Waals surface area contributed by atoms with Crippen molar-refractivity contribution in [1.29, 1.82) is 0 Å². The summed E-state index contributed by atoms with van der Waals surface area (Å²) in [5, 5.41) is 14.5. The third kappa shape index (κ3) is 3.14. The molecule has 1 N–H and O–H groups in total. The summed E-state index contributed by atoms with van der Waals surface area (Å²) in [6, 6.07) is 4.93. The van der Waals surface area contributed by atoms with Crippen molar-refractivity contribution in [3.8, 4) is 11.3 Å². The van der Waals surface area contributed by atoms with Crippen LogP contribution in [0.5, 0.6) is 0 Å². The Morgan fingerprint density at radius 3 is 2.75 bits per heavy atom. The lowest BCUT2D eigenvalue weighted by atomic mass is 10.1. The number of aryl methyl sites for hydroxylation is 1. The Balaban J connectivity index is 2.48. The molecule has 2 aromatic rings. The molecule has 0 aliphatic heterocycles. The largest absolute Gasteiger partial charge is 0.478 e. The van der Waals surface area contributed by atoms with E-state index < -0.39 is 5.97 Å². The number of aromatic nitrogens is 2. The van der Waals surface area contributed by atoms with Gasteiger partial charge in [-0.15, -0.1) is 0 Å². The molecule has 0 unspecified atom stereocenters. The van der Waals surface area contributed by atoms with Crippen LogP contribution in [-0.4, -0.2) is 20.9 Å². The Hall–Kier alpha value is -1.52. The Morgan fingerprint density at radius 1 is 1.40 bits per heavy atom. The van der Waals surface area contributed by atoms with E-state index in [-0.39, 0.29) is 5.56 Å². The summed E-state index contributed by atoms with van der Waals surface area (Å²) >= 11 is 12.0. The van der Waals surface area contributed by atoms with Gasteiger partial charge in [-0.1, -0.05) is 36.5 Å². The highest BCUT2D eigenvalue weighted by Gasteiger charge is 2.19. The number of halogens is 2. The van der Waals surface area contributed by atoms with Crippen molar-refractivity contribution in [2.24, 2.45) is 0 Å². The van der Waals surface area contributed by atoms with Gasteiger partial charge in [0.25, 0.3) is 0 Å². The number of rotatable bonds is 5. The molecule has 0 radical (unpaired) electrons.